The first-order valence-electron chi connectivity index (χ1n) is 6.80. The van der Waals surface area contributed by atoms with Gasteiger partial charge in [-0.3, -0.25) is 0 Å². The highest BCUT2D eigenvalue weighted by Crippen LogP contribution is 2.25. The van der Waals surface area contributed by atoms with Gasteiger partial charge in [0, 0.05) is 22.4 Å². The van der Waals surface area contributed by atoms with Crippen LogP contribution in [-0.2, 0) is 6.42 Å². The maximum absolute atomic E-state index is 10.2. The number of thiophene rings is 1. The Morgan fingerprint density at radius 1 is 1.20 bits per heavy atom. The lowest BCUT2D eigenvalue weighted by Crippen LogP contribution is -2.23. The summed E-state index contributed by atoms with van der Waals surface area (Å²) in [5.74, 6) is 0. The molecule has 20 heavy (non-hydrogen) atoms. The van der Waals surface area contributed by atoms with Crippen molar-refractivity contribution in [1.82, 2.24) is 4.90 Å². The van der Waals surface area contributed by atoms with E-state index in [2.05, 4.69) is 45.4 Å². The largest absolute Gasteiger partial charge is 0.388 e. The minimum atomic E-state index is -0.408. The number of likely N-dealkylation sites (N-methyl/N-ethyl adjacent to an activating group) is 1. The van der Waals surface area contributed by atoms with Gasteiger partial charge < -0.3 is 10.0 Å². The van der Waals surface area contributed by atoms with E-state index in [0.29, 0.717) is 0 Å². The van der Waals surface area contributed by atoms with Gasteiger partial charge in [0.1, 0.15) is 0 Å². The minimum Gasteiger partial charge on any atom is -0.388 e. The minimum absolute atomic E-state index is 0.408. The van der Waals surface area contributed by atoms with E-state index >= 15 is 0 Å². The highest BCUT2D eigenvalue weighted by molar-refractivity contribution is 9.10. The molecule has 0 aliphatic rings. The van der Waals surface area contributed by atoms with Crippen molar-refractivity contribution in [3.8, 4) is 0 Å². The molecule has 0 saturated carbocycles. The summed E-state index contributed by atoms with van der Waals surface area (Å²) in [6.45, 7) is 1.93. The van der Waals surface area contributed by atoms with Crippen LogP contribution in [0.4, 0.5) is 0 Å². The molecular formula is C16H20BrNOS. The second kappa shape index (κ2) is 7.93. The molecule has 1 heterocycles. The molecule has 1 atom stereocenters. The summed E-state index contributed by atoms with van der Waals surface area (Å²) < 4.78 is 0.980. The van der Waals surface area contributed by atoms with Gasteiger partial charge in [-0.2, -0.15) is 0 Å². The van der Waals surface area contributed by atoms with E-state index in [1.165, 1.54) is 4.88 Å². The predicted molar refractivity (Wildman–Crippen MR) is 89.2 cm³/mol. The van der Waals surface area contributed by atoms with Gasteiger partial charge in [0.15, 0.2) is 0 Å². The van der Waals surface area contributed by atoms with Gasteiger partial charge in [-0.05, 0) is 43.0 Å². The first kappa shape index (κ1) is 15.7. The molecule has 1 N–H and O–H groups in total. The fourth-order valence-corrected chi connectivity index (χ4v) is 3.36. The second-order valence-electron chi connectivity index (χ2n) is 4.96. The van der Waals surface area contributed by atoms with Gasteiger partial charge in [-0.15, -0.1) is 11.3 Å². The van der Waals surface area contributed by atoms with Gasteiger partial charge in [0.05, 0.1) is 6.10 Å². The van der Waals surface area contributed by atoms with Crippen LogP contribution in [0.25, 0.3) is 0 Å². The molecule has 0 amide bonds. The summed E-state index contributed by atoms with van der Waals surface area (Å²) in [4.78, 5) is 3.70. The van der Waals surface area contributed by atoms with Crippen LogP contribution in [0.15, 0.2) is 46.3 Å². The van der Waals surface area contributed by atoms with Crippen molar-refractivity contribution >= 4 is 27.3 Å². The van der Waals surface area contributed by atoms with Crippen molar-refractivity contribution in [1.29, 1.82) is 0 Å². The number of aliphatic hydroxyl groups is 1. The van der Waals surface area contributed by atoms with E-state index < -0.39 is 6.10 Å². The van der Waals surface area contributed by atoms with Gasteiger partial charge in [-0.25, -0.2) is 0 Å². The van der Waals surface area contributed by atoms with Crippen molar-refractivity contribution in [2.45, 2.75) is 18.9 Å². The lowest BCUT2D eigenvalue weighted by Gasteiger charge is -2.19. The standard InChI is InChI=1S/C16H20BrNOS/c1-18(10-8-13-5-4-12-20-13)11-9-16(19)14-6-2-3-7-15(14)17/h2-7,12,16,19H,8-11H2,1H3. The maximum atomic E-state index is 10.2. The lowest BCUT2D eigenvalue weighted by molar-refractivity contribution is 0.149. The Hall–Kier alpha value is -0.680. The molecule has 0 bridgehead atoms. The first-order valence-corrected chi connectivity index (χ1v) is 8.47. The van der Waals surface area contributed by atoms with Crippen LogP contribution >= 0.6 is 27.3 Å². The van der Waals surface area contributed by atoms with E-state index in [4.69, 9.17) is 0 Å². The number of rotatable bonds is 7. The van der Waals surface area contributed by atoms with Gasteiger partial charge in [0.2, 0.25) is 0 Å². The van der Waals surface area contributed by atoms with Crippen molar-refractivity contribution in [3.05, 3.63) is 56.7 Å². The Balaban J connectivity index is 1.75. The lowest BCUT2D eigenvalue weighted by atomic mass is 10.1. The molecule has 0 spiro atoms. The monoisotopic (exact) mass is 353 g/mol. The molecule has 2 aromatic rings. The van der Waals surface area contributed by atoms with Crippen molar-refractivity contribution in [2.24, 2.45) is 0 Å². The van der Waals surface area contributed by atoms with E-state index in [9.17, 15) is 5.11 Å². The zero-order chi connectivity index (χ0) is 14.4. The van der Waals surface area contributed by atoms with E-state index in [1.807, 2.05) is 24.3 Å². The van der Waals surface area contributed by atoms with Gasteiger partial charge in [0.25, 0.3) is 0 Å². The summed E-state index contributed by atoms with van der Waals surface area (Å²) >= 11 is 5.29. The SMILES string of the molecule is CN(CCc1cccs1)CCC(O)c1ccccc1Br. The van der Waals surface area contributed by atoms with Crippen LogP contribution in [-0.4, -0.2) is 30.1 Å². The average molecular weight is 354 g/mol. The Kier molecular flexibility index (Phi) is 6.23. The fourth-order valence-electron chi connectivity index (χ4n) is 2.11. The zero-order valence-corrected chi connectivity index (χ0v) is 14.0. The van der Waals surface area contributed by atoms with Gasteiger partial charge >= 0.3 is 0 Å². The number of hydrogen-bond donors (Lipinski definition) is 1. The Labute approximate surface area is 133 Å². The van der Waals surface area contributed by atoms with E-state index in [1.54, 1.807) is 11.3 Å². The van der Waals surface area contributed by atoms with Crippen molar-refractivity contribution < 1.29 is 5.11 Å². The highest BCUT2D eigenvalue weighted by Gasteiger charge is 2.11. The quantitative estimate of drug-likeness (QED) is 0.809. The third kappa shape index (κ3) is 4.70. The van der Waals surface area contributed by atoms with Crippen LogP contribution in [0.3, 0.4) is 0 Å². The fraction of sp³-hybridized carbons (Fsp3) is 0.375. The van der Waals surface area contributed by atoms with Gasteiger partial charge in [-0.1, -0.05) is 40.2 Å². The van der Waals surface area contributed by atoms with Crippen molar-refractivity contribution in [3.63, 3.8) is 0 Å². The molecule has 0 aliphatic carbocycles. The number of aliphatic hydroxyl groups excluding tert-OH is 1. The molecule has 1 aromatic heterocycles. The van der Waals surface area contributed by atoms with Crippen LogP contribution in [0, 0.1) is 0 Å². The smallest absolute Gasteiger partial charge is 0.0813 e. The molecule has 0 fully saturated rings. The summed E-state index contributed by atoms with van der Waals surface area (Å²) in [7, 11) is 2.11. The third-order valence-electron chi connectivity index (χ3n) is 3.37. The van der Waals surface area contributed by atoms with E-state index in [-0.39, 0.29) is 0 Å². The van der Waals surface area contributed by atoms with E-state index in [0.717, 1.165) is 36.0 Å². The maximum Gasteiger partial charge on any atom is 0.0813 e. The van der Waals surface area contributed by atoms with Crippen LogP contribution in [0.5, 0.6) is 0 Å². The Morgan fingerprint density at radius 3 is 2.70 bits per heavy atom. The number of nitrogens with zero attached hydrogens (tertiary/aromatic N) is 1. The number of benzene rings is 1. The number of hydrogen-bond acceptors (Lipinski definition) is 3. The normalized spacial score (nSPS) is 12.8. The van der Waals surface area contributed by atoms with Crippen LogP contribution < -0.4 is 0 Å². The second-order valence-corrected chi connectivity index (χ2v) is 6.85. The van der Waals surface area contributed by atoms with Crippen molar-refractivity contribution in [2.75, 3.05) is 20.1 Å². The molecular weight excluding hydrogens is 334 g/mol. The summed E-state index contributed by atoms with van der Waals surface area (Å²) in [6, 6.07) is 12.1. The van der Waals surface area contributed by atoms with Crippen LogP contribution in [0.1, 0.15) is 23.0 Å². The summed E-state index contributed by atoms with van der Waals surface area (Å²) in [6.07, 6.45) is 1.43. The molecule has 1 unspecified atom stereocenters. The molecule has 2 rings (SSSR count). The Bertz CT molecular complexity index is 515. The molecule has 0 saturated heterocycles. The molecule has 0 radical (unpaired) electrons. The predicted octanol–water partition coefficient (Wildman–Crippen LogP) is 4.11. The molecule has 4 heteroatoms. The first-order chi connectivity index (χ1) is 9.66. The topological polar surface area (TPSA) is 23.5 Å². The summed E-state index contributed by atoms with van der Waals surface area (Å²) in [5.41, 5.74) is 0.971. The number of halogens is 1. The average Bonchev–Trinajstić information content (AvgIpc) is 2.96. The molecule has 2 nitrogen and oxygen atoms in total. The zero-order valence-electron chi connectivity index (χ0n) is 11.6. The third-order valence-corrected chi connectivity index (χ3v) is 5.03. The molecule has 0 aliphatic heterocycles. The molecule has 108 valence electrons. The Morgan fingerprint density at radius 2 is 2.00 bits per heavy atom. The molecule has 1 aromatic carbocycles. The highest BCUT2D eigenvalue weighted by atomic mass is 79.9. The van der Waals surface area contributed by atoms with Crippen LogP contribution in [0.2, 0.25) is 0 Å². The summed E-state index contributed by atoms with van der Waals surface area (Å²) in [5, 5.41) is 12.4.